The highest BCUT2D eigenvalue weighted by molar-refractivity contribution is 5.67. The lowest BCUT2D eigenvalue weighted by Crippen LogP contribution is -2.36. The van der Waals surface area contributed by atoms with Crippen LogP contribution >= 0.6 is 0 Å². The molecule has 0 aromatic carbocycles. The molecule has 0 aromatic heterocycles. The maximum atomic E-state index is 10.4. The highest BCUT2D eigenvalue weighted by Crippen LogP contribution is 2.03. The minimum Gasteiger partial charge on any atom is -0.481 e. The largest absolute Gasteiger partial charge is 0.481 e. The van der Waals surface area contributed by atoms with Crippen LogP contribution in [-0.2, 0) is 4.79 Å². The first-order valence-corrected chi connectivity index (χ1v) is 5.38. The van der Waals surface area contributed by atoms with Crippen LogP contribution in [0.5, 0.6) is 0 Å². The van der Waals surface area contributed by atoms with E-state index in [0.29, 0.717) is 6.54 Å². The van der Waals surface area contributed by atoms with Gasteiger partial charge in [-0.25, -0.2) is 0 Å². The quantitative estimate of drug-likeness (QED) is 0.661. The van der Waals surface area contributed by atoms with Crippen molar-refractivity contribution in [3.05, 3.63) is 0 Å². The van der Waals surface area contributed by atoms with Crippen LogP contribution in [0.3, 0.4) is 0 Å². The summed E-state index contributed by atoms with van der Waals surface area (Å²) in [5, 5.41) is 18.0. The second-order valence-corrected chi connectivity index (χ2v) is 4.21. The monoisotopic (exact) mass is 216 g/mol. The number of β-amino-alcohol motifs (C(OH)–C–C–N with tert-alkyl or cyclic N) is 1. The Morgan fingerprint density at radius 3 is 2.73 bits per heavy atom. The molecule has 1 fully saturated rings. The van der Waals surface area contributed by atoms with Gasteiger partial charge >= 0.3 is 5.97 Å². The molecule has 88 valence electrons. The number of carboxylic acid groups (broad SMARTS) is 1. The predicted molar refractivity (Wildman–Crippen MR) is 56.8 cm³/mol. The zero-order valence-electron chi connectivity index (χ0n) is 9.22. The molecule has 15 heavy (non-hydrogen) atoms. The zero-order chi connectivity index (χ0) is 11.3. The summed E-state index contributed by atoms with van der Waals surface area (Å²) in [5.41, 5.74) is 0. The molecule has 0 spiro atoms. The van der Waals surface area contributed by atoms with Gasteiger partial charge in [0.15, 0.2) is 0 Å². The molecule has 0 amide bonds. The molecule has 0 bridgehead atoms. The Bertz CT molecular complexity index is 211. The smallest absolute Gasteiger partial charge is 0.306 e. The van der Waals surface area contributed by atoms with Crippen molar-refractivity contribution in [2.24, 2.45) is 0 Å². The third kappa shape index (κ3) is 5.11. The Morgan fingerprint density at radius 1 is 1.33 bits per heavy atom. The first-order chi connectivity index (χ1) is 7.08. The lowest BCUT2D eigenvalue weighted by atomic mass is 10.2. The van der Waals surface area contributed by atoms with Gasteiger partial charge in [0.05, 0.1) is 12.5 Å². The van der Waals surface area contributed by atoms with Gasteiger partial charge < -0.3 is 15.1 Å². The fraction of sp³-hybridized carbons (Fsp3) is 0.900. The Hall–Kier alpha value is -0.650. The first-order valence-electron chi connectivity index (χ1n) is 5.38. The van der Waals surface area contributed by atoms with E-state index in [9.17, 15) is 9.90 Å². The lowest BCUT2D eigenvalue weighted by Gasteiger charge is -2.22. The van der Waals surface area contributed by atoms with Crippen LogP contribution in [0.25, 0.3) is 0 Å². The summed E-state index contributed by atoms with van der Waals surface area (Å²) in [6.07, 6.45) is 0.175. The van der Waals surface area contributed by atoms with E-state index in [-0.39, 0.29) is 6.42 Å². The summed E-state index contributed by atoms with van der Waals surface area (Å²) < 4.78 is 0. The van der Waals surface area contributed by atoms with Crippen LogP contribution < -0.4 is 0 Å². The molecule has 1 aliphatic heterocycles. The van der Waals surface area contributed by atoms with Crippen LogP contribution in [0.4, 0.5) is 0 Å². The van der Waals surface area contributed by atoms with Crippen molar-refractivity contribution in [2.45, 2.75) is 18.9 Å². The van der Waals surface area contributed by atoms with E-state index in [4.69, 9.17) is 5.11 Å². The number of likely N-dealkylation sites (N-methyl/N-ethyl adjacent to an activating group) is 1. The van der Waals surface area contributed by atoms with E-state index < -0.39 is 12.1 Å². The molecule has 1 saturated heterocycles. The van der Waals surface area contributed by atoms with Crippen molar-refractivity contribution in [1.82, 2.24) is 9.80 Å². The van der Waals surface area contributed by atoms with E-state index in [1.807, 2.05) is 0 Å². The van der Waals surface area contributed by atoms with Crippen molar-refractivity contribution in [3.63, 3.8) is 0 Å². The van der Waals surface area contributed by atoms with Crippen LogP contribution in [0.2, 0.25) is 0 Å². The van der Waals surface area contributed by atoms with Crippen molar-refractivity contribution < 1.29 is 15.0 Å². The number of aliphatic hydroxyl groups excluding tert-OH is 1. The summed E-state index contributed by atoms with van der Waals surface area (Å²) in [4.78, 5) is 14.8. The summed E-state index contributed by atoms with van der Waals surface area (Å²) >= 11 is 0. The molecule has 1 heterocycles. The van der Waals surface area contributed by atoms with Crippen LogP contribution in [0.15, 0.2) is 0 Å². The Kier molecular flexibility index (Phi) is 5.01. The second-order valence-electron chi connectivity index (χ2n) is 4.21. The minimum absolute atomic E-state index is 0.160. The van der Waals surface area contributed by atoms with Gasteiger partial charge in [-0.1, -0.05) is 0 Å². The average molecular weight is 216 g/mol. The number of hydrogen-bond donors (Lipinski definition) is 2. The molecule has 0 saturated carbocycles. The molecule has 0 aromatic rings. The maximum absolute atomic E-state index is 10.4. The van der Waals surface area contributed by atoms with E-state index in [2.05, 4.69) is 16.8 Å². The number of nitrogens with zero attached hydrogens (tertiary/aromatic N) is 2. The molecular formula is C10H20N2O3. The molecule has 1 atom stereocenters. The van der Waals surface area contributed by atoms with Gasteiger partial charge in [-0.2, -0.15) is 0 Å². The molecule has 0 aliphatic carbocycles. The Balaban J connectivity index is 2.27. The third-order valence-corrected chi connectivity index (χ3v) is 2.69. The number of carbonyl (C=O) groups is 1. The lowest BCUT2D eigenvalue weighted by molar-refractivity contribution is -0.139. The molecule has 1 aliphatic rings. The maximum Gasteiger partial charge on any atom is 0.306 e. The Labute approximate surface area is 90.3 Å². The third-order valence-electron chi connectivity index (χ3n) is 2.69. The highest BCUT2D eigenvalue weighted by atomic mass is 16.4. The first kappa shape index (κ1) is 12.4. The molecule has 2 N–H and O–H groups in total. The number of hydrogen-bond acceptors (Lipinski definition) is 4. The van der Waals surface area contributed by atoms with Gasteiger partial charge in [0.1, 0.15) is 0 Å². The summed E-state index contributed by atoms with van der Waals surface area (Å²) in [7, 11) is 2.08. The van der Waals surface area contributed by atoms with Crippen LogP contribution in [0, 0.1) is 0 Å². The topological polar surface area (TPSA) is 64.0 Å². The highest BCUT2D eigenvalue weighted by Gasteiger charge is 2.17. The number of aliphatic carboxylic acids is 1. The van der Waals surface area contributed by atoms with Gasteiger partial charge in [-0.15, -0.1) is 0 Å². The Morgan fingerprint density at radius 2 is 2.07 bits per heavy atom. The molecule has 5 nitrogen and oxygen atoms in total. The molecule has 0 radical (unpaired) electrons. The van der Waals surface area contributed by atoms with Crippen molar-refractivity contribution in [2.75, 3.05) is 39.8 Å². The summed E-state index contributed by atoms with van der Waals surface area (Å²) in [5.74, 6) is -0.936. The van der Waals surface area contributed by atoms with Gasteiger partial charge in [0, 0.05) is 19.6 Å². The summed E-state index contributed by atoms with van der Waals surface area (Å²) in [6, 6.07) is 0. The standard InChI is InChI=1S/C10H20N2O3/c1-11-3-2-4-12(6-5-11)8-9(13)7-10(14)15/h9,13H,2-8H2,1H3,(H,14,15). The second kappa shape index (κ2) is 6.05. The molecule has 5 heteroatoms. The van der Waals surface area contributed by atoms with Gasteiger partial charge in [0.25, 0.3) is 0 Å². The van der Waals surface area contributed by atoms with E-state index in [1.54, 1.807) is 0 Å². The predicted octanol–water partition coefficient (Wildman–Crippen LogP) is -0.540. The zero-order valence-corrected chi connectivity index (χ0v) is 9.22. The number of aliphatic hydroxyl groups is 1. The van der Waals surface area contributed by atoms with Crippen LogP contribution in [0.1, 0.15) is 12.8 Å². The normalized spacial score (nSPS) is 22.3. The SMILES string of the molecule is CN1CCCN(CC(O)CC(=O)O)CC1. The molecule has 1 unspecified atom stereocenters. The summed E-state index contributed by atoms with van der Waals surface area (Å²) in [6.45, 7) is 4.39. The van der Waals surface area contributed by atoms with Crippen molar-refractivity contribution in [3.8, 4) is 0 Å². The van der Waals surface area contributed by atoms with E-state index in [0.717, 1.165) is 32.6 Å². The molecular weight excluding hydrogens is 196 g/mol. The van der Waals surface area contributed by atoms with E-state index >= 15 is 0 Å². The number of carboxylic acids is 1. The van der Waals surface area contributed by atoms with Crippen LogP contribution in [-0.4, -0.2) is 71.9 Å². The van der Waals surface area contributed by atoms with Crippen molar-refractivity contribution in [1.29, 1.82) is 0 Å². The van der Waals surface area contributed by atoms with Gasteiger partial charge in [-0.3, -0.25) is 9.69 Å². The van der Waals surface area contributed by atoms with E-state index in [1.165, 1.54) is 0 Å². The van der Waals surface area contributed by atoms with Gasteiger partial charge in [0.2, 0.25) is 0 Å². The number of rotatable bonds is 4. The van der Waals surface area contributed by atoms with Crippen molar-refractivity contribution >= 4 is 5.97 Å². The van der Waals surface area contributed by atoms with Gasteiger partial charge in [-0.05, 0) is 26.6 Å². The fourth-order valence-electron chi connectivity index (χ4n) is 1.85. The minimum atomic E-state index is -0.936. The average Bonchev–Trinajstić information content (AvgIpc) is 2.29. The molecule has 1 rings (SSSR count). The fourth-order valence-corrected chi connectivity index (χ4v) is 1.85.